The van der Waals surface area contributed by atoms with Crippen molar-refractivity contribution in [1.82, 2.24) is 84.2 Å². The van der Waals surface area contributed by atoms with Gasteiger partial charge in [-0.2, -0.15) is 14.0 Å². The van der Waals surface area contributed by atoms with E-state index >= 15 is 0 Å². The largest absolute Gasteiger partial charge is 0.490 e. The maximum atomic E-state index is 8.84. The van der Waals surface area contributed by atoms with Crippen LogP contribution in [-0.4, -0.2) is 208 Å². The summed E-state index contributed by atoms with van der Waals surface area (Å²) in [7, 11) is 3.96. The number of halogens is 1. The Hall–Kier alpha value is -7.63. The average molecular weight is 1030 g/mol. The lowest BCUT2D eigenvalue weighted by molar-refractivity contribution is 0.232. The van der Waals surface area contributed by atoms with E-state index in [0.717, 1.165) is 90.3 Å². The van der Waals surface area contributed by atoms with Gasteiger partial charge in [-0.15, -0.1) is 10.2 Å². The Morgan fingerprint density at radius 1 is 0.658 bits per heavy atom. The lowest BCUT2D eigenvalue weighted by atomic mass is 10.3. The number of piperazine rings is 2. The quantitative estimate of drug-likeness (QED) is 0.0551. The first kappa shape index (κ1) is 51.7. The van der Waals surface area contributed by atoms with Crippen LogP contribution < -0.4 is 41.0 Å². The van der Waals surface area contributed by atoms with Crippen molar-refractivity contribution in [3.8, 4) is 34.9 Å². The molecule has 2 aliphatic rings. The fourth-order valence-electron chi connectivity index (χ4n) is 7.45. The predicted molar refractivity (Wildman–Crippen MR) is 269 cm³/mol. The molecule has 0 spiro atoms. The number of hydrogen-bond acceptors (Lipinski definition) is 26. The van der Waals surface area contributed by atoms with Gasteiger partial charge in [-0.25, -0.2) is 44.9 Å². The second kappa shape index (κ2) is 25.7. The normalized spacial score (nSPS) is 14.2. The van der Waals surface area contributed by atoms with Gasteiger partial charge in [0.05, 0.1) is 50.4 Å². The van der Waals surface area contributed by atoms with Gasteiger partial charge in [0.2, 0.25) is 35.4 Å². The molecule has 29 heteroatoms. The first-order chi connectivity index (χ1) is 35.7. The third-order valence-corrected chi connectivity index (χ3v) is 11.6. The fraction of sp³-hybridized carbons (Fsp3) is 0.455. The number of nitrogens with zero attached hydrogens (tertiary/aromatic N) is 19. The van der Waals surface area contributed by atoms with E-state index in [-0.39, 0.29) is 30.3 Å². The zero-order chi connectivity index (χ0) is 50.9. The number of anilines is 5. The number of rotatable bonds is 19. The van der Waals surface area contributed by atoms with E-state index in [9.17, 15) is 0 Å². The highest BCUT2D eigenvalue weighted by Gasteiger charge is 2.22. The van der Waals surface area contributed by atoms with Gasteiger partial charge in [0.25, 0.3) is 11.8 Å². The van der Waals surface area contributed by atoms with Crippen LogP contribution in [0.25, 0.3) is 34.7 Å². The number of nitrogens with two attached hydrogens (primary N) is 2. The molecule has 0 saturated carbocycles. The molecule has 8 aromatic heterocycles. The summed E-state index contributed by atoms with van der Waals surface area (Å²) in [6.07, 6.45) is 13.9. The number of fused-ring (bicyclic) bond motifs is 2. The van der Waals surface area contributed by atoms with Crippen molar-refractivity contribution in [2.24, 2.45) is 0 Å². The van der Waals surface area contributed by atoms with Crippen LogP contribution in [0.5, 0.6) is 11.5 Å². The minimum absolute atomic E-state index is 0.103. The zero-order valence-electron chi connectivity index (χ0n) is 40.6. The van der Waals surface area contributed by atoms with Gasteiger partial charge in [-0.3, -0.25) is 9.80 Å². The maximum Gasteiger partial charge on any atom is 0.266 e. The van der Waals surface area contributed by atoms with E-state index in [1.807, 2.05) is 20.2 Å². The topological polar surface area (TPSA) is 329 Å². The van der Waals surface area contributed by atoms with Crippen LogP contribution in [0.3, 0.4) is 0 Å². The predicted octanol–water partition coefficient (Wildman–Crippen LogP) is 0.765. The molecular weight excluding hydrogens is 968 g/mol. The van der Waals surface area contributed by atoms with Crippen molar-refractivity contribution < 1.29 is 28.5 Å². The summed E-state index contributed by atoms with van der Waals surface area (Å²) in [5.41, 5.74) is 12.8. The van der Waals surface area contributed by atoms with Crippen molar-refractivity contribution in [1.29, 1.82) is 0 Å². The molecule has 0 amide bonds. The second-order valence-electron chi connectivity index (χ2n) is 16.5. The minimum atomic E-state index is 0.103. The number of oxazole rings is 2. The van der Waals surface area contributed by atoms with E-state index in [1.165, 1.54) is 27.8 Å². The number of aliphatic hydroxyl groups is 2. The Balaban J connectivity index is 0.000000162. The zero-order valence-corrected chi connectivity index (χ0v) is 41.3. The molecule has 10 rings (SSSR count). The summed E-state index contributed by atoms with van der Waals surface area (Å²) in [5.74, 6) is 5.20. The van der Waals surface area contributed by atoms with Crippen LogP contribution in [0.2, 0.25) is 5.15 Å². The Morgan fingerprint density at radius 2 is 1.14 bits per heavy atom. The third-order valence-electron chi connectivity index (χ3n) is 11.4. The highest BCUT2D eigenvalue weighted by molar-refractivity contribution is 6.29. The van der Waals surface area contributed by atoms with Crippen LogP contribution in [0.1, 0.15) is 12.8 Å². The molecule has 0 atom stereocenters. The molecule has 388 valence electrons. The highest BCUT2D eigenvalue weighted by Crippen LogP contribution is 2.21. The average Bonchev–Trinajstić information content (AvgIpc) is 4.27. The van der Waals surface area contributed by atoms with Gasteiger partial charge >= 0.3 is 0 Å². The van der Waals surface area contributed by atoms with Crippen molar-refractivity contribution >= 4 is 52.5 Å². The summed E-state index contributed by atoms with van der Waals surface area (Å²) in [6, 6.07) is 3.40. The number of ether oxygens (including phenoxy) is 2. The monoisotopic (exact) mass is 1030 g/mol. The molecule has 8 aromatic rings. The molecule has 0 aliphatic carbocycles. The first-order valence-electron chi connectivity index (χ1n) is 23.6. The molecule has 0 radical (unpaired) electrons. The van der Waals surface area contributed by atoms with Gasteiger partial charge in [0.15, 0.2) is 22.8 Å². The Bertz CT molecular complexity index is 2880. The number of nitrogen functional groups attached to an aromatic ring is 2. The molecule has 73 heavy (non-hydrogen) atoms. The van der Waals surface area contributed by atoms with Gasteiger partial charge in [0, 0.05) is 124 Å². The Labute approximate surface area is 424 Å². The second-order valence-corrected chi connectivity index (χ2v) is 16.9. The van der Waals surface area contributed by atoms with E-state index in [1.54, 1.807) is 37.1 Å². The van der Waals surface area contributed by atoms with Crippen LogP contribution in [-0.2, 0) is 0 Å². The molecule has 2 fully saturated rings. The van der Waals surface area contributed by atoms with E-state index in [4.69, 9.17) is 51.6 Å². The van der Waals surface area contributed by atoms with Crippen LogP contribution >= 0.6 is 11.6 Å². The fourth-order valence-corrected chi connectivity index (χ4v) is 7.63. The van der Waals surface area contributed by atoms with Crippen molar-refractivity contribution in [3.63, 3.8) is 0 Å². The Morgan fingerprint density at radius 3 is 1.60 bits per heavy atom. The Kier molecular flexibility index (Phi) is 18.2. The van der Waals surface area contributed by atoms with Crippen LogP contribution in [0.15, 0.2) is 70.7 Å². The standard InChI is InChI=1S/C22H29N11O3.C14H25N5O2.C8H5ClN6O/c1-30(17-13-18-27-19(20-24-3-12-36-20)29-33(18)21(23)28-17)4-5-31-6-8-32(9-7-31)22-25-14-16(15-26-22)35-11-2-10-34;1-15-3-4-18-5-7-19(8-6-18)14-16-11-13(12-17-14)21-10-2-9-20;9-4-3-5-13-6(7-11-1-2-16-7)14-15(5)8(10)12-4/h3,12-15,34H,2,4-11H2,1H3,(H2,23,28);11-12,15,20H,2-10H2,1H3;1-3H,(H2,10,12). The highest BCUT2D eigenvalue weighted by atomic mass is 35.5. The van der Waals surface area contributed by atoms with Crippen molar-refractivity contribution in [2.45, 2.75) is 12.8 Å². The lowest BCUT2D eigenvalue weighted by Crippen LogP contribution is -2.48. The summed E-state index contributed by atoms with van der Waals surface area (Å²) >= 11 is 5.75. The smallest absolute Gasteiger partial charge is 0.266 e. The first-order valence-corrected chi connectivity index (χ1v) is 24.0. The van der Waals surface area contributed by atoms with Crippen molar-refractivity contribution in [2.75, 3.05) is 145 Å². The van der Waals surface area contributed by atoms with E-state index in [2.05, 4.69) is 89.9 Å². The molecule has 0 bridgehead atoms. The van der Waals surface area contributed by atoms with E-state index in [0.29, 0.717) is 78.2 Å². The number of likely N-dealkylation sites (N-methyl/N-ethyl adjacent to an activating group) is 2. The summed E-state index contributed by atoms with van der Waals surface area (Å²) in [5, 5.41) is 29.4. The minimum Gasteiger partial charge on any atom is -0.490 e. The van der Waals surface area contributed by atoms with Gasteiger partial charge in [-0.05, 0) is 7.05 Å². The number of aromatic nitrogens is 14. The SMILES string of the molecule is CN(CCN1CCN(c2ncc(OCCCO)cn2)CC1)c1cc2nc(-c3ncco3)nn2c(N)n1.CNCCN1CCN(c2ncc(OCCCO)cn2)CC1.Nc1nc(Cl)cc2nc(-c3ncco3)nn12. The number of nitrogens with one attached hydrogen (secondary N) is 1. The molecule has 7 N–H and O–H groups in total. The summed E-state index contributed by atoms with van der Waals surface area (Å²) < 4.78 is 24.1. The van der Waals surface area contributed by atoms with Crippen LogP contribution in [0.4, 0.5) is 29.6 Å². The lowest BCUT2D eigenvalue weighted by Gasteiger charge is -2.35. The molecular formula is C44H59ClN22O6. The molecule has 2 saturated heterocycles. The van der Waals surface area contributed by atoms with Gasteiger partial charge in [0.1, 0.15) is 23.5 Å². The third kappa shape index (κ3) is 14.1. The number of hydrogen-bond donors (Lipinski definition) is 5. The summed E-state index contributed by atoms with van der Waals surface area (Å²) in [6.45, 7) is 12.4. The molecule has 2 aliphatic heterocycles. The molecule has 0 unspecified atom stereocenters. The molecule has 28 nitrogen and oxygen atoms in total. The van der Waals surface area contributed by atoms with E-state index < -0.39 is 0 Å². The van der Waals surface area contributed by atoms with Gasteiger partial charge in [-0.1, -0.05) is 11.6 Å². The van der Waals surface area contributed by atoms with Crippen LogP contribution in [0, 0.1) is 0 Å². The summed E-state index contributed by atoms with van der Waals surface area (Å²) in [4.78, 5) is 53.9. The molecule has 0 aromatic carbocycles. The van der Waals surface area contributed by atoms with Crippen molar-refractivity contribution in [3.05, 3.63) is 67.0 Å². The molecule has 10 heterocycles. The van der Waals surface area contributed by atoms with Gasteiger partial charge < -0.3 is 60.0 Å². The number of aliphatic hydroxyl groups excluding tert-OH is 2. The maximum absolute atomic E-state index is 8.84.